The van der Waals surface area contributed by atoms with Crippen molar-refractivity contribution in [1.29, 1.82) is 0 Å². The molecular weight excluding hydrogens is 342 g/mol. The molecule has 0 spiro atoms. The quantitative estimate of drug-likeness (QED) is 0.632. The summed E-state index contributed by atoms with van der Waals surface area (Å²) in [7, 11) is 0. The number of carboxylic acids is 1. The Bertz CT molecular complexity index is 872. The molecule has 2 aromatic rings. The minimum atomic E-state index is -1.03. The number of furan rings is 1. The van der Waals surface area contributed by atoms with E-state index in [2.05, 4.69) is 15.5 Å². The molecule has 0 radical (unpaired) electrons. The predicted molar refractivity (Wildman–Crippen MR) is 95.7 cm³/mol. The number of aryl methyl sites for hydroxylation is 1. The van der Waals surface area contributed by atoms with E-state index in [4.69, 9.17) is 9.52 Å². The van der Waals surface area contributed by atoms with E-state index in [1.54, 1.807) is 6.21 Å². The molecule has 2 heterocycles. The molecule has 1 aliphatic rings. The molecule has 1 amide bonds. The maximum Gasteiger partial charge on any atom is 0.305 e. The number of nitrogens with one attached hydrogen (secondary N) is 1. The molecule has 128 valence electrons. The molecule has 1 aromatic heterocycles. The first-order valence-electron chi connectivity index (χ1n) is 7.48. The SMILES string of the molecule is Cc1ccc(-c2cccc(C=NN=C3NC(=O)C(CC(=O)O)S3)c2)o1. The van der Waals surface area contributed by atoms with E-state index in [1.165, 1.54) is 0 Å². The van der Waals surface area contributed by atoms with Crippen LogP contribution >= 0.6 is 11.8 Å². The van der Waals surface area contributed by atoms with Gasteiger partial charge in [-0.2, -0.15) is 5.10 Å². The molecule has 0 aliphatic carbocycles. The van der Waals surface area contributed by atoms with Crippen LogP contribution in [-0.4, -0.2) is 33.6 Å². The molecule has 1 aliphatic heterocycles. The number of hydrogen-bond donors (Lipinski definition) is 2. The lowest BCUT2D eigenvalue weighted by Crippen LogP contribution is -2.26. The van der Waals surface area contributed by atoms with Gasteiger partial charge in [-0.15, -0.1) is 5.10 Å². The van der Waals surface area contributed by atoms with Crippen LogP contribution in [0.15, 0.2) is 51.0 Å². The normalized spacial score (nSPS) is 18.8. The van der Waals surface area contributed by atoms with Gasteiger partial charge in [-0.05, 0) is 30.7 Å². The zero-order valence-electron chi connectivity index (χ0n) is 13.3. The first kappa shape index (κ1) is 17.0. The molecule has 8 heteroatoms. The lowest BCUT2D eigenvalue weighted by atomic mass is 10.1. The molecule has 1 fully saturated rings. The van der Waals surface area contributed by atoms with Gasteiger partial charge in [0.1, 0.15) is 16.8 Å². The fraction of sp³-hybridized carbons (Fsp3) is 0.176. The molecule has 1 saturated heterocycles. The number of carbonyl (C=O) groups excluding carboxylic acids is 1. The summed E-state index contributed by atoms with van der Waals surface area (Å²) in [4.78, 5) is 22.3. The largest absolute Gasteiger partial charge is 0.481 e. The zero-order valence-corrected chi connectivity index (χ0v) is 14.1. The number of aliphatic carboxylic acids is 1. The molecule has 25 heavy (non-hydrogen) atoms. The average molecular weight is 357 g/mol. The summed E-state index contributed by atoms with van der Waals surface area (Å²) >= 11 is 1.06. The maximum atomic E-state index is 11.6. The summed E-state index contributed by atoms with van der Waals surface area (Å²) in [5.41, 5.74) is 1.75. The summed E-state index contributed by atoms with van der Waals surface area (Å²) in [6, 6.07) is 11.4. The lowest BCUT2D eigenvalue weighted by Gasteiger charge is -1.98. The standard InChI is InChI=1S/C17H15N3O4S/c1-10-5-6-13(24-10)12-4-2-3-11(7-12)9-18-20-17-19-16(23)14(25-17)8-15(21)22/h2-7,9,14H,8H2,1H3,(H,21,22)(H,19,20,23). The van der Waals surface area contributed by atoms with Crippen LogP contribution in [0.3, 0.4) is 0 Å². The topological polar surface area (TPSA) is 104 Å². The van der Waals surface area contributed by atoms with Crippen LogP contribution in [0.4, 0.5) is 0 Å². The number of carbonyl (C=O) groups is 2. The first-order valence-corrected chi connectivity index (χ1v) is 8.36. The third kappa shape index (κ3) is 4.36. The Kier molecular flexibility index (Phi) is 4.99. The second-order valence-corrected chi connectivity index (χ2v) is 6.57. The highest BCUT2D eigenvalue weighted by molar-refractivity contribution is 8.15. The number of carboxylic acid groups (broad SMARTS) is 1. The van der Waals surface area contributed by atoms with E-state index < -0.39 is 11.2 Å². The van der Waals surface area contributed by atoms with Crippen molar-refractivity contribution in [3.05, 3.63) is 47.7 Å². The highest BCUT2D eigenvalue weighted by Crippen LogP contribution is 2.23. The summed E-state index contributed by atoms with van der Waals surface area (Å²) in [5, 5.41) is 18.8. The van der Waals surface area contributed by atoms with Gasteiger partial charge >= 0.3 is 5.97 Å². The van der Waals surface area contributed by atoms with Gasteiger partial charge in [0.05, 0.1) is 12.6 Å². The van der Waals surface area contributed by atoms with E-state index in [0.717, 1.165) is 34.4 Å². The number of amides is 1. The summed E-state index contributed by atoms with van der Waals surface area (Å²) in [6.07, 6.45) is 1.31. The van der Waals surface area contributed by atoms with Crippen molar-refractivity contribution in [2.24, 2.45) is 10.2 Å². The van der Waals surface area contributed by atoms with E-state index in [9.17, 15) is 9.59 Å². The third-order valence-electron chi connectivity index (χ3n) is 3.40. The number of rotatable bonds is 5. The molecule has 7 nitrogen and oxygen atoms in total. The maximum absolute atomic E-state index is 11.6. The van der Waals surface area contributed by atoms with Crippen LogP contribution in [0.25, 0.3) is 11.3 Å². The Morgan fingerprint density at radius 3 is 2.96 bits per heavy atom. The van der Waals surface area contributed by atoms with Gasteiger partial charge in [-0.3, -0.25) is 9.59 Å². The summed E-state index contributed by atoms with van der Waals surface area (Å²) in [6.45, 7) is 1.89. The fourth-order valence-electron chi connectivity index (χ4n) is 2.26. The molecule has 1 unspecified atom stereocenters. The Hall–Kier alpha value is -2.87. The van der Waals surface area contributed by atoms with Gasteiger partial charge in [-0.25, -0.2) is 0 Å². The van der Waals surface area contributed by atoms with Crippen molar-refractivity contribution in [3.63, 3.8) is 0 Å². The average Bonchev–Trinajstić information content (AvgIpc) is 3.14. The van der Waals surface area contributed by atoms with Crippen molar-refractivity contribution >= 4 is 35.0 Å². The van der Waals surface area contributed by atoms with Crippen molar-refractivity contribution in [2.75, 3.05) is 0 Å². The van der Waals surface area contributed by atoms with Crippen molar-refractivity contribution in [3.8, 4) is 11.3 Å². The molecule has 0 saturated carbocycles. The van der Waals surface area contributed by atoms with Crippen LogP contribution in [0.5, 0.6) is 0 Å². The molecule has 3 rings (SSSR count). The van der Waals surface area contributed by atoms with Gasteiger partial charge < -0.3 is 14.8 Å². The monoisotopic (exact) mass is 357 g/mol. The lowest BCUT2D eigenvalue weighted by molar-refractivity contribution is -0.138. The molecular formula is C17H15N3O4S. The van der Waals surface area contributed by atoms with Crippen LogP contribution in [-0.2, 0) is 9.59 Å². The molecule has 1 atom stereocenters. The zero-order chi connectivity index (χ0) is 17.8. The third-order valence-corrected chi connectivity index (χ3v) is 4.48. The van der Waals surface area contributed by atoms with E-state index >= 15 is 0 Å². The number of amidine groups is 1. The number of benzene rings is 1. The predicted octanol–water partition coefficient (Wildman–Crippen LogP) is 2.65. The Balaban J connectivity index is 1.68. The van der Waals surface area contributed by atoms with Crippen molar-refractivity contribution in [1.82, 2.24) is 5.32 Å². The molecule has 1 aromatic carbocycles. The smallest absolute Gasteiger partial charge is 0.305 e. The van der Waals surface area contributed by atoms with E-state index in [-0.39, 0.29) is 12.3 Å². The minimum Gasteiger partial charge on any atom is -0.481 e. The van der Waals surface area contributed by atoms with Gasteiger partial charge in [-0.1, -0.05) is 30.0 Å². The minimum absolute atomic E-state index is 0.246. The highest BCUT2D eigenvalue weighted by Gasteiger charge is 2.32. The van der Waals surface area contributed by atoms with Gasteiger partial charge in [0.15, 0.2) is 5.17 Å². The van der Waals surface area contributed by atoms with Crippen LogP contribution in [0.1, 0.15) is 17.7 Å². The van der Waals surface area contributed by atoms with E-state index in [1.807, 2.05) is 43.3 Å². The Labute approximate surface area is 147 Å². The van der Waals surface area contributed by atoms with Crippen LogP contribution < -0.4 is 5.32 Å². The molecule has 0 bridgehead atoms. The summed E-state index contributed by atoms with van der Waals surface area (Å²) in [5.74, 6) is 0.221. The highest BCUT2D eigenvalue weighted by atomic mass is 32.2. The Morgan fingerprint density at radius 2 is 2.24 bits per heavy atom. The van der Waals surface area contributed by atoms with Gasteiger partial charge in [0.25, 0.3) is 0 Å². The van der Waals surface area contributed by atoms with Crippen molar-refractivity contribution < 1.29 is 19.1 Å². The van der Waals surface area contributed by atoms with Crippen LogP contribution in [0, 0.1) is 6.92 Å². The Morgan fingerprint density at radius 1 is 1.40 bits per heavy atom. The summed E-state index contributed by atoms with van der Waals surface area (Å²) < 4.78 is 5.59. The second-order valence-electron chi connectivity index (χ2n) is 5.38. The fourth-order valence-corrected chi connectivity index (χ4v) is 3.17. The van der Waals surface area contributed by atoms with Gasteiger partial charge in [0, 0.05) is 5.56 Å². The number of nitrogens with zero attached hydrogens (tertiary/aromatic N) is 2. The van der Waals surface area contributed by atoms with Crippen LogP contribution in [0.2, 0.25) is 0 Å². The molecule has 2 N–H and O–H groups in total. The van der Waals surface area contributed by atoms with Gasteiger partial charge in [0.2, 0.25) is 5.91 Å². The first-order chi connectivity index (χ1) is 12.0. The van der Waals surface area contributed by atoms with Crippen molar-refractivity contribution in [2.45, 2.75) is 18.6 Å². The number of hydrogen-bond acceptors (Lipinski definition) is 6. The number of thioether (sulfide) groups is 1. The second kappa shape index (κ2) is 7.35. The van der Waals surface area contributed by atoms with E-state index in [0.29, 0.717) is 5.17 Å².